The van der Waals surface area contributed by atoms with Gasteiger partial charge in [0.15, 0.2) is 0 Å². The third-order valence-electron chi connectivity index (χ3n) is 3.87. The molecule has 1 aliphatic rings. The molecule has 0 spiro atoms. The summed E-state index contributed by atoms with van der Waals surface area (Å²) in [5.74, 6) is 0. The molecule has 0 aromatic heterocycles. The van der Waals surface area contributed by atoms with Gasteiger partial charge in [-0.15, -0.1) is 0 Å². The minimum absolute atomic E-state index is 0.150. The molecule has 5 heteroatoms. The second-order valence-corrected chi connectivity index (χ2v) is 6.64. The van der Waals surface area contributed by atoms with E-state index >= 15 is 0 Å². The summed E-state index contributed by atoms with van der Waals surface area (Å²) < 4.78 is 1.01. The summed E-state index contributed by atoms with van der Waals surface area (Å²) in [6.07, 6.45) is 0. The van der Waals surface area contributed by atoms with Crippen LogP contribution in [0.4, 0.5) is 4.79 Å². The Morgan fingerprint density at radius 1 is 1.10 bits per heavy atom. The fourth-order valence-electron chi connectivity index (χ4n) is 2.73. The monoisotopic (exact) mass is 364 g/mol. The first kappa shape index (κ1) is 14.4. The van der Waals surface area contributed by atoms with Gasteiger partial charge in [0.2, 0.25) is 0 Å². The molecule has 1 aliphatic heterocycles. The highest BCUT2D eigenvalue weighted by Crippen LogP contribution is 2.38. The fourth-order valence-corrected chi connectivity index (χ4v) is 3.12. The molecule has 3 nitrogen and oxygen atoms in total. The highest BCUT2D eigenvalue weighted by Gasteiger charge is 2.44. The summed E-state index contributed by atoms with van der Waals surface area (Å²) in [5.41, 5.74) is 1.55. The van der Waals surface area contributed by atoms with Crippen LogP contribution in [-0.2, 0) is 5.54 Å². The van der Waals surface area contributed by atoms with Gasteiger partial charge in [0.05, 0.1) is 11.6 Å². The minimum atomic E-state index is -0.508. The van der Waals surface area contributed by atoms with Crippen molar-refractivity contribution in [3.63, 3.8) is 0 Å². The minimum Gasteiger partial charge on any atom is -0.329 e. The van der Waals surface area contributed by atoms with E-state index in [1.165, 1.54) is 0 Å². The predicted molar refractivity (Wildman–Crippen MR) is 87.4 cm³/mol. The van der Waals surface area contributed by atoms with Crippen molar-refractivity contribution in [1.29, 1.82) is 0 Å². The molecular formula is C16H14BrClN2O. The fraction of sp³-hybridized carbons (Fsp3) is 0.188. The molecule has 2 aromatic carbocycles. The molecule has 2 amide bonds. The molecule has 1 fully saturated rings. The SMILES string of the molecule is C[C@@]1(c2ccc(Br)cc2)NC(=O)N[C@@H]1c1ccc(Cl)cc1. The topological polar surface area (TPSA) is 41.1 Å². The second-order valence-electron chi connectivity index (χ2n) is 5.29. The highest BCUT2D eigenvalue weighted by molar-refractivity contribution is 9.10. The van der Waals surface area contributed by atoms with Crippen LogP contribution in [0.15, 0.2) is 53.0 Å². The maximum Gasteiger partial charge on any atom is 0.316 e. The quantitative estimate of drug-likeness (QED) is 0.815. The van der Waals surface area contributed by atoms with E-state index in [1.54, 1.807) is 0 Å². The summed E-state index contributed by atoms with van der Waals surface area (Å²) in [6.45, 7) is 2.02. The van der Waals surface area contributed by atoms with Crippen LogP contribution >= 0.6 is 27.5 Å². The number of hydrogen-bond donors (Lipinski definition) is 2. The summed E-state index contributed by atoms with van der Waals surface area (Å²) >= 11 is 9.38. The average molecular weight is 366 g/mol. The standard InChI is InChI=1S/C16H14BrClN2O/c1-16(11-4-6-12(17)7-5-11)14(19-15(21)20-16)10-2-8-13(18)9-3-10/h2-9,14H,1H3,(H2,19,20,21)/t14-,16+/m1/s1. The summed E-state index contributed by atoms with van der Waals surface area (Å²) in [4.78, 5) is 11.9. The van der Waals surface area contributed by atoms with Gasteiger partial charge in [-0.2, -0.15) is 0 Å². The van der Waals surface area contributed by atoms with Gasteiger partial charge < -0.3 is 10.6 Å². The Morgan fingerprint density at radius 2 is 1.71 bits per heavy atom. The Balaban J connectivity index is 2.04. The van der Waals surface area contributed by atoms with Crippen LogP contribution in [0.5, 0.6) is 0 Å². The van der Waals surface area contributed by atoms with Gasteiger partial charge in [-0.05, 0) is 42.3 Å². The number of halogens is 2. The number of benzene rings is 2. The lowest BCUT2D eigenvalue weighted by atomic mass is 9.82. The van der Waals surface area contributed by atoms with Gasteiger partial charge >= 0.3 is 6.03 Å². The zero-order chi connectivity index (χ0) is 15.0. The van der Waals surface area contributed by atoms with Gasteiger partial charge in [-0.25, -0.2) is 4.79 Å². The van der Waals surface area contributed by atoms with Crippen LogP contribution in [0.25, 0.3) is 0 Å². The lowest BCUT2D eigenvalue weighted by molar-refractivity contribution is 0.245. The molecule has 0 aliphatic carbocycles. The smallest absolute Gasteiger partial charge is 0.316 e. The first-order chi connectivity index (χ1) is 9.99. The predicted octanol–water partition coefficient (Wildman–Crippen LogP) is 4.37. The lowest BCUT2D eigenvalue weighted by Gasteiger charge is -2.31. The Morgan fingerprint density at radius 3 is 2.33 bits per heavy atom. The highest BCUT2D eigenvalue weighted by atomic mass is 79.9. The Kier molecular flexibility index (Phi) is 3.68. The van der Waals surface area contributed by atoms with E-state index < -0.39 is 5.54 Å². The van der Waals surface area contributed by atoms with Crippen molar-refractivity contribution in [2.75, 3.05) is 0 Å². The maximum absolute atomic E-state index is 11.9. The van der Waals surface area contributed by atoms with Crippen LogP contribution in [0.1, 0.15) is 24.1 Å². The summed E-state index contributed by atoms with van der Waals surface area (Å²) in [6, 6.07) is 15.2. The molecule has 0 unspecified atom stereocenters. The number of nitrogens with one attached hydrogen (secondary N) is 2. The first-order valence-corrected chi connectivity index (χ1v) is 7.76. The van der Waals surface area contributed by atoms with Crippen molar-refractivity contribution in [2.24, 2.45) is 0 Å². The van der Waals surface area contributed by atoms with Crippen molar-refractivity contribution in [2.45, 2.75) is 18.5 Å². The molecule has 3 rings (SSSR count). The van der Waals surface area contributed by atoms with E-state index in [0.717, 1.165) is 15.6 Å². The van der Waals surface area contributed by atoms with Crippen LogP contribution in [0.3, 0.4) is 0 Å². The number of amides is 2. The number of urea groups is 1. The second kappa shape index (κ2) is 5.35. The third-order valence-corrected chi connectivity index (χ3v) is 4.65. The normalized spacial score (nSPS) is 24.5. The lowest BCUT2D eigenvalue weighted by Crippen LogP contribution is -2.39. The molecule has 1 saturated heterocycles. The third kappa shape index (κ3) is 2.65. The molecule has 2 aromatic rings. The molecule has 0 saturated carbocycles. The Bertz CT molecular complexity index is 672. The van der Waals surface area contributed by atoms with Crippen molar-refractivity contribution < 1.29 is 4.79 Å². The average Bonchev–Trinajstić information content (AvgIpc) is 2.76. The molecule has 21 heavy (non-hydrogen) atoms. The molecular weight excluding hydrogens is 352 g/mol. The van der Waals surface area contributed by atoms with Crippen LogP contribution in [-0.4, -0.2) is 6.03 Å². The van der Waals surface area contributed by atoms with E-state index in [9.17, 15) is 4.79 Å². The van der Waals surface area contributed by atoms with E-state index in [0.29, 0.717) is 5.02 Å². The van der Waals surface area contributed by atoms with Crippen LogP contribution in [0, 0.1) is 0 Å². The summed E-state index contributed by atoms with van der Waals surface area (Å²) in [7, 11) is 0. The van der Waals surface area contributed by atoms with Gasteiger partial charge in [0.1, 0.15) is 0 Å². The largest absolute Gasteiger partial charge is 0.329 e. The molecule has 2 N–H and O–H groups in total. The van der Waals surface area contributed by atoms with Gasteiger partial charge in [0.25, 0.3) is 0 Å². The molecule has 0 bridgehead atoms. The number of hydrogen-bond acceptors (Lipinski definition) is 1. The zero-order valence-corrected chi connectivity index (χ0v) is 13.7. The zero-order valence-electron chi connectivity index (χ0n) is 11.4. The molecule has 1 heterocycles. The molecule has 0 radical (unpaired) electrons. The van der Waals surface area contributed by atoms with Crippen molar-refractivity contribution in [3.8, 4) is 0 Å². The first-order valence-electron chi connectivity index (χ1n) is 6.59. The van der Waals surface area contributed by atoms with Gasteiger partial charge in [-0.1, -0.05) is 51.8 Å². The van der Waals surface area contributed by atoms with E-state index in [1.807, 2.05) is 55.5 Å². The van der Waals surface area contributed by atoms with Crippen molar-refractivity contribution in [1.82, 2.24) is 10.6 Å². The number of rotatable bonds is 2. The number of carbonyl (C=O) groups is 1. The van der Waals surface area contributed by atoms with E-state index in [4.69, 9.17) is 11.6 Å². The van der Waals surface area contributed by atoms with Crippen molar-refractivity contribution in [3.05, 3.63) is 69.2 Å². The van der Waals surface area contributed by atoms with Gasteiger partial charge in [0, 0.05) is 9.50 Å². The van der Waals surface area contributed by atoms with E-state index in [2.05, 4.69) is 26.6 Å². The Hall–Kier alpha value is -1.52. The van der Waals surface area contributed by atoms with Crippen molar-refractivity contribution >= 4 is 33.6 Å². The van der Waals surface area contributed by atoms with Crippen LogP contribution in [0.2, 0.25) is 5.02 Å². The summed E-state index contributed by atoms with van der Waals surface area (Å²) in [5, 5.41) is 6.70. The Labute approximate surface area is 136 Å². The molecule has 108 valence electrons. The van der Waals surface area contributed by atoms with Gasteiger partial charge in [-0.3, -0.25) is 0 Å². The maximum atomic E-state index is 11.9. The number of carbonyl (C=O) groups excluding carboxylic acids is 1. The molecule has 2 atom stereocenters. The van der Waals surface area contributed by atoms with Crippen LogP contribution < -0.4 is 10.6 Å². The van der Waals surface area contributed by atoms with E-state index in [-0.39, 0.29) is 12.1 Å².